The SMILES string of the molecule is CCNC(=NCCCC(=O)OCC)NC1CC(C)N(Cc2ccccc2)C1. The Morgan fingerprint density at radius 3 is 2.78 bits per heavy atom. The van der Waals surface area contributed by atoms with Gasteiger partial charge in [-0.25, -0.2) is 0 Å². The van der Waals surface area contributed by atoms with Crippen LogP contribution in [0.25, 0.3) is 0 Å². The van der Waals surface area contributed by atoms with Gasteiger partial charge in [-0.15, -0.1) is 0 Å². The van der Waals surface area contributed by atoms with E-state index in [-0.39, 0.29) is 5.97 Å². The van der Waals surface area contributed by atoms with Crippen LogP contribution in [0.5, 0.6) is 0 Å². The minimum Gasteiger partial charge on any atom is -0.466 e. The molecule has 0 spiro atoms. The molecule has 2 atom stereocenters. The summed E-state index contributed by atoms with van der Waals surface area (Å²) >= 11 is 0. The van der Waals surface area contributed by atoms with Gasteiger partial charge in [-0.2, -0.15) is 0 Å². The second-order valence-corrected chi connectivity index (χ2v) is 7.01. The maximum atomic E-state index is 11.4. The van der Waals surface area contributed by atoms with Crippen LogP contribution in [0.3, 0.4) is 0 Å². The normalized spacial score (nSPS) is 20.5. The van der Waals surface area contributed by atoms with E-state index in [0.29, 0.717) is 38.1 Å². The minimum atomic E-state index is -0.146. The monoisotopic (exact) mass is 374 g/mol. The number of rotatable bonds is 9. The number of hydrogen-bond donors (Lipinski definition) is 2. The van der Waals surface area contributed by atoms with Gasteiger partial charge in [0.15, 0.2) is 5.96 Å². The van der Waals surface area contributed by atoms with Crippen molar-refractivity contribution < 1.29 is 9.53 Å². The van der Waals surface area contributed by atoms with Crippen LogP contribution in [0.2, 0.25) is 0 Å². The van der Waals surface area contributed by atoms with Crippen molar-refractivity contribution in [1.82, 2.24) is 15.5 Å². The zero-order valence-electron chi connectivity index (χ0n) is 16.9. The van der Waals surface area contributed by atoms with Crippen LogP contribution in [-0.4, -0.2) is 55.2 Å². The Balaban J connectivity index is 1.81. The summed E-state index contributed by atoms with van der Waals surface area (Å²) in [6, 6.07) is 11.5. The van der Waals surface area contributed by atoms with Crippen LogP contribution in [0.4, 0.5) is 0 Å². The quantitative estimate of drug-likeness (QED) is 0.301. The zero-order valence-corrected chi connectivity index (χ0v) is 16.9. The van der Waals surface area contributed by atoms with Gasteiger partial charge in [0, 0.05) is 44.7 Å². The van der Waals surface area contributed by atoms with Crippen molar-refractivity contribution in [3.05, 3.63) is 35.9 Å². The Bertz CT molecular complexity index is 591. The third-order valence-corrected chi connectivity index (χ3v) is 4.73. The molecule has 0 aliphatic carbocycles. The third-order valence-electron chi connectivity index (χ3n) is 4.73. The van der Waals surface area contributed by atoms with Crippen molar-refractivity contribution in [1.29, 1.82) is 0 Å². The highest BCUT2D eigenvalue weighted by atomic mass is 16.5. The molecule has 1 aromatic rings. The molecule has 0 saturated carbocycles. The molecule has 1 aromatic carbocycles. The lowest BCUT2D eigenvalue weighted by atomic mass is 10.2. The van der Waals surface area contributed by atoms with Crippen molar-refractivity contribution >= 4 is 11.9 Å². The van der Waals surface area contributed by atoms with Crippen LogP contribution in [0.15, 0.2) is 35.3 Å². The van der Waals surface area contributed by atoms with Gasteiger partial charge in [-0.3, -0.25) is 14.7 Å². The molecule has 1 heterocycles. The van der Waals surface area contributed by atoms with Gasteiger partial charge in [-0.1, -0.05) is 30.3 Å². The fraction of sp³-hybridized carbons (Fsp3) is 0.619. The molecule has 0 aromatic heterocycles. The molecule has 0 bridgehead atoms. The highest BCUT2D eigenvalue weighted by molar-refractivity contribution is 5.80. The molecule has 150 valence electrons. The lowest BCUT2D eigenvalue weighted by Gasteiger charge is -2.21. The summed E-state index contributed by atoms with van der Waals surface area (Å²) in [5.74, 6) is 0.687. The highest BCUT2D eigenvalue weighted by Crippen LogP contribution is 2.20. The number of benzene rings is 1. The summed E-state index contributed by atoms with van der Waals surface area (Å²) in [5.41, 5.74) is 1.35. The Labute approximate surface area is 163 Å². The number of likely N-dealkylation sites (tertiary alicyclic amines) is 1. The summed E-state index contributed by atoms with van der Waals surface area (Å²) < 4.78 is 4.95. The number of guanidine groups is 1. The molecule has 1 aliphatic heterocycles. The van der Waals surface area contributed by atoms with E-state index in [1.54, 1.807) is 0 Å². The minimum absolute atomic E-state index is 0.146. The standard InChI is InChI=1S/C21H34N4O2/c1-4-22-21(23-13-9-12-20(26)27-5-2)24-19-14-17(3)25(16-19)15-18-10-7-6-8-11-18/h6-8,10-11,17,19H,4-5,9,12-16H2,1-3H3,(H2,22,23,24). The number of hydrogen-bond acceptors (Lipinski definition) is 4. The van der Waals surface area contributed by atoms with Crippen molar-refractivity contribution in [3.63, 3.8) is 0 Å². The second kappa shape index (κ2) is 11.6. The molecular formula is C21H34N4O2. The van der Waals surface area contributed by atoms with Gasteiger partial charge in [0.05, 0.1) is 6.61 Å². The molecular weight excluding hydrogens is 340 g/mol. The van der Waals surface area contributed by atoms with E-state index in [1.165, 1.54) is 5.56 Å². The van der Waals surface area contributed by atoms with Gasteiger partial charge in [0.2, 0.25) is 0 Å². The second-order valence-electron chi connectivity index (χ2n) is 7.01. The molecule has 6 heteroatoms. The summed E-state index contributed by atoms with van der Waals surface area (Å²) in [7, 11) is 0. The lowest BCUT2D eigenvalue weighted by molar-refractivity contribution is -0.143. The number of ether oxygens (including phenoxy) is 1. The van der Waals surface area contributed by atoms with Gasteiger partial charge < -0.3 is 15.4 Å². The van der Waals surface area contributed by atoms with Crippen LogP contribution in [0.1, 0.15) is 45.6 Å². The fourth-order valence-corrected chi connectivity index (χ4v) is 3.40. The molecule has 0 amide bonds. The number of carbonyl (C=O) groups is 1. The number of esters is 1. The fourth-order valence-electron chi connectivity index (χ4n) is 3.40. The van der Waals surface area contributed by atoms with E-state index < -0.39 is 0 Å². The van der Waals surface area contributed by atoms with Crippen molar-refractivity contribution in [2.24, 2.45) is 4.99 Å². The van der Waals surface area contributed by atoms with E-state index in [9.17, 15) is 4.79 Å². The first kappa shape index (κ1) is 21.2. The smallest absolute Gasteiger partial charge is 0.305 e. The van der Waals surface area contributed by atoms with Gasteiger partial charge in [0.1, 0.15) is 0 Å². The van der Waals surface area contributed by atoms with Crippen LogP contribution in [0, 0.1) is 0 Å². The molecule has 1 fully saturated rings. The zero-order chi connectivity index (χ0) is 19.5. The topological polar surface area (TPSA) is 66.0 Å². The summed E-state index contributed by atoms with van der Waals surface area (Å²) in [6.45, 7) is 10.0. The van der Waals surface area contributed by atoms with Gasteiger partial charge in [-0.05, 0) is 39.2 Å². The van der Waals surface area contributed by atoms with Crippen LogP contribution < -0.4 is 10.6 Å². The van der Waals surface area contributed by atoms with Crippen molar-refractivity contribution in [2.45, 2.75) is 58.7 Å². The average molecular weight is 375 g/mol. The molecule has 6 nitrogen and oxygen atoms in total. The van der Waals surface area contributed by atoms with E-state index >= 15 is 0 Å². The van der Waals surface area contributed by atoms with Crippen LogP contribution >= 0.6 is 0 Å². The predicted molar refractivity (Wildman–Crippen MR) is 110 cm³/mol. The molecule has 1 aliphatic rings. The number of carbonyl (C=O) groups excluding carboxylic acids is 1. The Morgan fingerprint density at radius 2 is 2.07 bits per heavy atom. The maximum Gasteiger partial charge on any atom is 0.305 e. The highest BCUT2D eigenvalue weighted by Gasteiger charge is 2.29. The molecule has 27 heavy (non-hydrogen) atoms. The van der Waals surface area contributed by atoms with E-state index in [0.717, 1.165) is 32.0 Å². The van der Waals surface area contributed by atoms with Crippen molar-refractivity contribution in [2.75, 3.05) is 26.2 Å². The first-order valence-electron chi connectivity index (χ1n) is 10.1. The van der Waals surface area contributed by atoms with Gasteiger partial charge in [0.25, 0.3) is 0 Å². The van der Waals surface area contributed by atoms with E-state index in [1.807, 2.05) is 6.92 Å². The van der Waals surface area contributed by atoms with Gasteiger partial charge >= 0.3 is 5.97 Å². The largest absolute Gasteiger partial charge is 0.466 e. The summed E-state index contributed by atoms with van der Waals surface area (Å²) in [5, 5.41) is 6.86. The summed E-state index contributed by atoms with van der Waals surface area (Å²) in [6.07, 6.45) is 2.22. The van der Waals surface area contributed by atoms with Crippen molar-refractivity contribution in [3.8, 4) is 0 Å². The summed E-state index contributed by atoms with van der Waals surface area (Å²) in [4.78, 5) is 18.5. The Morgan fingerprint density at radius 1 is 1.30 bits per heavy atom. The Hall–Kier alpha value is -2.08. The number of nitrogens with one attached hydrogen (secondary N) is 2. The molecule has 0 radical (unpaired) electrons. The number of nitrogens with zero attached hydrogens (tertiary/aromatic N) is 2. The molecule has 2 unspecified atom stereocenters. The first-order valence-corrected chi connectivity index (χ1v) is 10.1. The van der Waals surface area contributed by atoms with Crippen LogP contribution in [-0.2, 0) is 16.1 Å². The predicted octanol–water partition coefficient (Wildman–Crippen LogP) is 2.55. The average Bonchev–Trinajstić information content (AvgIpc) is 2.99. The molecule has 1 saturated heterocycles. The van der Waals surface area contributed by atoms with E-state index in [4.69, 9.17) is 4.74 Å². The molecule has 2 N–H and O–H groups in total. The maximum absolute atomic E-state index is 11.4. The lowest BCUT2D eigenvalue weighted by Crippen LogP contribution is -2.44. The molecule has 2 rings (SSSR count). The first-order chi connectivity index (χ1) is 13.1. The third kappa shape index (κ3) is 7.59. The number of aliphatic imine (C=N–C) groups is 1. The Kier molecular flexibility index (Phi) is 9.11. The van der Waals surface area contributed by atoms with E-state index in [2.05, 4.69) is 64.7 Å².